The third-order valence-corrected chi connectivity index (χ3v) is 3.57. The van der Waals surface area contributed by atoms with Gasteiger partial charge in [0.1, 0.15) is 4.88 Å². The van der Waals surface area contributed by atoms with Crippen molar-refractivity contribution in [3.05, 3.63) is 16.1 Å². The van der Waals surface area contributed by atoms with E-state index in [1.165, 1.54) is 5.51 Å². The summed E-state index contributed by atoms with van der Waals surface area (Å²) in [6, 6.07) is 0. The summed E-state index contributed by atoms with van der Waals surface area (Å²) in [5.74, 6) is -1.37. The molecular formula is C10H13N3O3S. The van der Waals surface area contributed by atoms with Gasteiger partial charge in [0, 0.05) is 26.2 Å². The number of hydrogen-bond donors (Lipinski definition) is 1. The van der Waals surface area contributed by atoms with E-state index >= 15 is 0 Å². The summed E-state index contributed by atoms with van der Waals surface area (Å²) in [5, 5.41) is 8.94. The van der Waals surface area contributed by atoms with Gasteiger partial charge < -0.3 is 14.9 Å². The van der Waals surface area contributed by atoms with Gasteiger partial charge in [0.15, 0.2) is 5.69 Å². The van der Waals surface area contributed by atoms with Crippen LogP contribution < -0.4 is 0 Å². The molecule has 1 aliphatic rings. The Morgan fingerprint density at radius 2 is 2.00 bits per heavy atom. The smallest absolute Gasteiger partial charge is 0.348 e. The van der Waals surface area contributed by atoms with Crippen molar-refractivity contribution in [3.8, 4) is 0 Å². The van der Waals surface area contributed by atoms with Crippen LogP contribution in [0.5, 0.6) is 0 Å². The Hall–Kier alpha value is -1.47. The maximum atomic E-state index is 12.1. The number of likely N-dealkylation sites (N-methyl/N-ethyl adjacent to an activating group) is 1. The van der Waals surface area contributed by atoms with E-state index < -0.39 is 5.97 Å². The minimum atomic E-state index is -1.09. The van der Waals surface area contributed by atoms with Crippen molar-refractivity contribution in [2.24, 2.45) is 0 Å². The second-order valence-corrected chi connectivity index (χ2v) is 4.79. The number of rotatable bonds is 2. The first-order chi connectivity index (χ1) is 8.09. The topological polar surface area (TPSA) is 73.7 Å². The van der Waals surface area contributed by atoms with Crippen LogP contribution >= 0.6 is 11.3 Å². The number of carboxylic acid groups (broad SMARTS) is 1. The van der Waals surface area contributed by atoms with Gasteiger partial charge in [-0.1, -0.05) is 0 Å². The normalized spacial score (nSPS) is 17.1. The molecule has 1 aromatic rings. The zero-order valence-corrected chi connectivity index (χ0v) is 10.2. The van der Waals surface area contributed by atoms with Crippen LogP contribution in [0.2, 0.25) is 0 Å². The summed E-state index contributed by atoms with van der Waals surface area (Å²) in [5.41, 5.74) is 1.46. The van der Waals surface area contributed by atoms with E-state index in [1.54, 1.807) is 4.90 Å². The van der Waals surface area contributed by atoms with E-state index in [0.717, 1.165) is 24.4 Å². The molecule has 6 nitrogen and oxygen atoms in total. The number of piperazine rings is 1. The van der Waals surface area contributed by atoms with Gasteiger partial charge in [0.2, 0.25) is 0 Å². The lowest BCUT2D eigenvalue weighted by Crippen LogP contribution is -2.47. The molecule has 1 amide bonds. The molecule has 1 aliphatic heterocycles. The Labute approximate surface area is 102 Å². The maximum Gasteiger partial charge on any atom is 0.348 e. The predicted molar refractivity (Wildman–Crippen MR) is 62.5 cm³/mol. The fraction of sp³-hybridized carbons (Fsp3) is 0.500. The summed E-state index contributed by atoms with van der Waals surface area (Å²) in [6.07, 6.45) is 0. The molecule has 17 heavy (non-hydrogen) atoms. The molecule has 2 heterocycles. The number of amides is 1. The number of carbonyl (C=O) groups is 2. The fourth-order valence-electron chi connectivity index (χ4n) is 1.71. The van der Waals surface area contributed by atoms with Crippen LogP contribution in [0.4, 0.5) is 0 Å². The van der Waals surface area contributed by atoms with Gasteiger partial charge in [0.25, 0.3) is 5.91 Å². The van der Waals surface area contributed by atoms with Gasteiger partial charge in [-0.15, -0.1) is 11.3 Å². The summed E-state index contributed by atoms with van der Waals surface area (Å²) in [4.78, 5) is 30.7. The number of nitrogens with zero attached hydrogens (tertiary/aromatic N) is 3. The van der Waals surface area contributed by atoms with Crippen LogP contribution in [0.3, 0.4) is 0 Å². The Kier molecular flexibility index (Phi) is 3.39. The van der Waals surface area contributed by atoms with E-state index in [9.17, 15) is 9.59 Å². The van der Waals surface area contributed by atoms with Gasteiger partial charge in [0.05, 0.1) is 5.51 Å². The van der Waals surface area contributed by atoms with Gasteiger partial charge in [-0.05, 0) is 7.05 Å². The van der Waals surface area contributed by atoms with Gasteiger partial charge >= 0.3 is 5.97 Å². The lowest BCUT2D eigenvalue weighted by atomic mass is 10.2. The molecule has 0 aromatic carbocycles. The van der Waals surface area contributed by atoms with Gasteiger partial charge in [-0.3, -0.25) is 4.79 Å². The summed E-state index contributed by atoms with van der Waals surface area (Å²) in [7, 11) is 1.99. The lowest BCUT2D eigenvalue weighted by Gasteiger charge is -2.32. The molecule has 0 radical (unpaired) electrons. The van der Waals surface area contributed by atoms with Gasteiger partial charge in [-0.2, -0.15) is 0 Å². The largest absolute Gasteiger partial charge is 0.477 e. The van der Waals surface area contributed by atoms with Gasteiger partial charge in [-0.25, -0.2) is 9.78 Å². The first kappa shape index (κ1) is 12.0. The van der Waals surface area contributed by atoms with Crippen molar-refractivity contribution in [3.63, 3.8) is 0 Å². The molecule has 1 saturated heterocycles. The zero-order chi connectivity index (χ0) is 12.4. The molecule has 92 valence electrons. The summed E-state index contributed by atoms with van der Waals surface area (Å²) >= 11 is 0.982. The third-order valence-electron chi connectivity index (χ3n) is 2.75. The average molecular weight is 255 g/mol. The molecule has 0 unspecified atom stereocenters. The molecule has 2 rings (SSSR count). The minimum Gasteiger partial charge on any atom is -0.477 e. The van der Waals surface area contributed by atoms with Crippen molar-refractivity contribution in [1.29, 1.82) is 0 Å². The van der Waals surface area contributed by atoms with E-state index in [0.29, 0.717) is 13.1 Å². The average Bonchev–Trinajstić information content (AvgIpc) is 2.78. The van der Waals surface area contributed by atoms with Crippen LogP contribution in [0, 0.1) is 0 Å². The van der Waals surface area contributed by atoms with E-state index in [1.807, 2.05) is 7.05 Å². The lowest BCUT2D eigenvalue weighted by molar-refractivity contribution is 0.0634. The highest BCUT2D eigenvalue weighted by atomic mass is 32.1. The molecule has 1 N–H and O–H groups in total. The molecular weight excluding hydrogens is 242 g/mol. The van der Waals surface area contributed by atoms with Crippen molar-refractivity contribution in [1.82, 2.24) is 14.8 Å². The Morgan fingerprint density at radius 1 is 1.35 bits per heavy atom. The quantitative estimate of drug-likeness (QED) is 0.819. The van der Waals surface area contributed by atoms with Crippen LogP contribution in [-0.2, 0) is 0 Å². The summed E-state index contributed by atoms with van der Waals surface area (Å²) < 4.78 is 0. The molecule has 7 heteroatoms. The monoisotopic (exact) mass is 255 g/mol. The van der Waals surface area contributed by atoms with Crippen molar-refractivity contribution in [2.75, 3.05) is 33.2 Å². The highest BCUT2D eigenvalue weighted by Crippen LogP contribution is 2.16. The first-order valence-electron chi connectivity index (χ1n) is 5.24. The second kappa shape index (κ2) is 4.80. The Balaban J connectivity index is 2.14. The second-order valence-electron chi connectivity index (χ2n) is 3.93. The SMILES string of the molecule is CN1CCN(C(=O)c2ncsc2C(=O)O)CC1. The van der Waals surface area contributed by atoms with Crippen molar-refractivity contribution >= 4 is 23.2 Å². The third kappa shape index (κ3) is 2.45. The first-order valence-corrected chi connectivity index (χ1v) is 6.12. The summed E-state index contributed by atoms with van der Waals surface area (Å²) in [6.45, 7) is 2.84. The Morgan fingerprint density at radius 3 is 2.59 bits per heavy atom. The van der Waals surface area contributed by atoms with E-state index in [2.05, 4.69) is 9.88 Å². The fourth-order valence-corrected chi connectivity index (χ4v) is 2.33. The van der Waals surface area contributed by atoms with Crippen LogP contribution in [0.15, 0.2) is 5.51 Å². The molecule has 0 spiro atoms. The maximum absolute atomic E-state index is 12.1. The molecule has 1 aromatic heterocycles. The predicted octanol–water partition coefficient (Wildman–Crippen LogP) is 0.229. The van der Waals surface area contributed by atoms with Crippen LogP contribution in [0.1, 0.15) is 20.2 Å². The number of carboxylic acids is 1. The standard InChI is InChI=1S/C10H13N3O3S/c1-12-2-4-13(5-3-12)9(14)7-8(10(15)16)17-6-11-7/h6H,2-5H2,1H3,(H,15,16). The van der Waals surface area contributed by atoms with Crippen LogP contribution in [-0.4, -0.2) is 65.0 Å². The molecule has 0 atom stereocenters. The number of thiazole rings is 1. The number of carbonyl (C=O) groups excluding carboxylic acids is 1. The van der Waals surface area contributed by atoms with Crippen LogP contribution in [0.25, 0.3) is 0 Å². The van der Waals surface area contributed by atoms with Crippen molar-refractivity contribution in [2.45, 2.75) is 0 Å². The molecule has 1 fully saturated rings. The molecule has 0 aliphatic carbocycles. The number of aromatic carboxylic acids is 1. The molecule has 0 saturated carbocycles. The van der Waals surface area contributed by atoms with E-state index in [-0.39, 0.29) is 16.5 Å². The Bertz CT molecular complexity index is 438. The number of hydrogen-bond acceptors (Lipinski definition) is 5. The van der Waals surface area contributed by atoms with Crippen molar-refractivity contribution < 1.29 is 14.7 Å². The minimum absolute atomic E-state index is 0.0222. The molecule has 0 bridgehead atoms. The zero-order valence-electron chi connectivity index (χ0n) is 9.42. The highest BCUT2D eigenvalue weighted by Gasteiger charge is 2.26. The highest BCUT2D eigenvalue weighted by molar-refractivity contribution is 7.12. The van der Waals surface area contributed by atoms with E-state index in [4.69, 9.17) is 5.11 Å². The number of aromatic nitrogens is 1.